The molecule has 0 saturated heterocycles. The van der Waals surface area contributed by atoms with Gasteiger partial charge in [0.05, 0.1) is 23.3 Å². The number of nitrogens with zero attached hydrogens (tertiary/aromatic N) is 1. The van der Waals surface area contributed by atoms with Gasteiger partial charge in [0, 0.05) is 23.4 Å². The fourth-order valence-electron chi connectivity index (χ4n) is 10.1. The number of hydrogen-bond acceptors (Lipinski definition) is 3. The van der Waals surface area contributed by atoms with E-state index in [1.165, 1.54) is 0 Å². The monoisotopic (exact) mass is 657 g/mol. The van der Waals surface area contributed by atoms with Gasteiger partial charge in [-0.3, -0.25) is 9.59 Å². The third-order valence-electron chi connectivity index (χ3n) is 12.9. The van der Waals surface area contributed by atoms with Gasteiger partial charge < -0.3 is 10.0 Å². The fraction of sp³-hybridized carbons (Fsp3) is 0.778. The number of halogens is 6. The molecular weight excluding hydrogens is 608 g/mol. The topological polar surface area (TPSA) is 57.6 Å². The number of hydrogen-bond donors (Lipinski definition) is 1. The quantitative estimate of drug-likeness (QED) is 0.283. The Kier molecular flexibility index (Phi) is 9.50. The first kappa shape index (κ1) is 35.2. The number of benzene rings is 1. The normalized spacial score (nSPS) is 35.2. The lowest BCUT2D eigenvalue weighted by Gasteiger charge is -2.61. The summed E-state index contributed by atoms with van der Waals surface area (Å²) in [5.74, 6) is 0.523. The van der Waals surface area contributed by atoms with E-state index >= 15 is 0 Å². The number of amides is 1. The molecule has 258 valence electrons. The molecule has 5 rings (SSSR count). The number of ketones is 1. The number of carbonyl (C=O) groups excluding carboxylic acids is 2. The molecular formula is C36H49F6NO3. The molecule has 1 aromatic carbocycles. The van der Waals surface area contributed by atoms with Gasteiger partial charge in [-0.25, -0.2) is 0 Å². The van der Waals surface area contributed by atoms with Crippen molar-refractivity contribution in [3.8, 4) is 0 Å². The molecule has 4 fully saturated rings. The van der Waals surface area contributed by atoms with Gasteiger partial charge in [-0.15, -0.1) is 0 Å². The van der Waals surface area contributed by atoms with Crippen molar-refractivity contribution < 1.29 is 41.0 Å². The van der Waals surface area contributed by atoms with Crippen molar-refractivity contribution in [2.24, 2.45) is 40.4 Å². The Morgan fingerprint density at radius 1 is 0.935 bits per heavy atom. The molecule has 0 bridgehead atoms. The zero-order valence-electron chi connectivity index (χ0n) is 27.5. The van der Waals surface area contributed by atoms with Gasteiger partial charge in [0.15, 0.2) is 0 Å². The average molecular weight is 658 g/mol. The molecule has 10 heteroatoms. The summed E-state index contributed by atoms with van der Waals surface area (Å²) >= 11 is 0. The van der Waals surface area contributed by atoms with Crippen LogP contribution in [0.15, 0.2) is 18.2 Å². The zero-order chi connectivity index (χ0) is 33.9. The van der Waals surface area contributed by atoms with Crippen molar-refractivity contribution in [3.63, 3.8) is 0 Å². The van der Waals surface area contributed by atoms with Gasteiger partial charge in [0.1, 0.15) is 5.78 Å². The maximum atomic E-state index is 14.0. The van der Waals surface area contributed by atoms with Crippen molar-refractivity contribution in [2.45, 2.75) is 129 Å². The summed E-state index contributed by atoms with van der Waals surface area (Å²) in [7, 11) is 0. The standard InChI is InChI=1S/C36H49F6NO3/c1-5-7-8-22(6-2)31(45)43(26-18-24(35(37,38)39)17-25(19-26)36(40,41)42)21-34(46)16-15-32(3)23(20-34)9-10-27-28-11-12-30(44)33(28,4)14-13-29(27)32/h17-19,22-23,27-29,46H,5-16,20-21H2,1-4H3/t22?,23-,27-,28-,29-,32-,33-,34+/m0/s1. The van der Waals surface area contributed by atoms with E-state index in [9.17, 15) is 41.0 Å². The minimum Gasteiger partial charge on any atom is -0.388 e. The molecule has 8 atom stereocenters. The molecule has 1 amide bonds. The number of Topliss-reactive ketones (excluding diaryl/α,β-unsaturated/α-hetero) is 1. The van der Waals surface area contributed by atoms with E-state index in [2.05, 4.69) is 13.8 Å². The van der Waals surface area contributed by atoms with Gasteiger partial charge in [0.25, 0.3) is 0 Å². The molecule has 46 heavy (non-hydrogen) atoms. The highest BCUT2D eigenvalue weighted by atomic mass is 19.4. The number of fused-ring (bicyclic) bond motifs is 5. The molecule has 0 spiro atoms. The first-order chi connectivity index (χ1) is 21.4. The number of alkyl halides is 6. The molecule has 4 aliphatic rings. The van der Waals surface area contributed by atoms with Crippen LogP contribution in [-0.4, -0.2) is 28.9 Å². The van der Waals surface area contributed by atoms with E-state index in [0.717, 1.165) is 43.4 Å². The Hall–Kier alpha value is -2.10. The Morgan fingerprint density at radius 3 is 2.17 bits per heavy atom. The van der Waals surface area contributed by atoms with Crippen molar-refractivity contribution >= 4 is 17.4 Å². The predicted molar refractivity (Wildman–Crippen MR) is 164 cm³/mol. The van der Waals surface area contributed by atoms with Crippen molar-refractivity contribution in [1.82, 2.24) is 0 Å². The predicted octanol–water partition coefficient (Wildman–Crippen LogP) is 9.62. The lowest BCUT2D eigenvalue weighted by atomic mass is 9.44. The number of aliphatic hydroxyl groups is 1. The van der Waals surface area contributed by atoms with Crippen LogP contribution in [0.3, 0.4) is 0 Å². The minimum atomic E-state index is -5.06. The maximum Gasteiger partial charge on any atom is 0.416 e. The lowest BCUT2D eigenvalue weighted by molar-refractivity contribution is -0.153. The number of carbonyl (C=O) groups is 2. The SMILES string of the molecule is CCCCC(CC)C(=O)N(C[C@@]1(O)CC[C@@]2(C)[C@@H](CC[C@@H]3[C@@H]2CC[C@]2(C)C(=O)CC[C@@H]32)C1)c1cc(C(F)(F)F)cc(C(F)(F)F)c1. The lowest BCUT2D eigenvalue weighted by Crippen LogP contribution is -2.58. The molecule has 0 radical (unpaired) electrons. The van der Waals surface area contributed by atoms with Crippen LogP contribution in [0, 0.1) is 40.4 Å². The molecule has 0 aliphatic heterocycles. The summed E-state index contributed by atoms with van der Waals surface area (Å²) in [5.41, 5.74) is -5.25. The van der Waals surface area contributed by atoms with E-state index in [-0.39, 0.29) is 29.4 Å². The maximum absolute atomic E-state index is 14.0. The Morgan fingerprint density at radius 2 is 1.59 bits per heavy atom. The summed E-state index contributed by atoms with van der Waals surface area (Å²) in [6, 6.07) is 1.30. The van der Waals surface area contributed by atoms with Crippen molar-refractivity contribution in [2.75, 3.05) is 11.4 Å². The molecule has 1 N–H and O–H groups in total. The summed E-state index contributed by atoms with van der Waals surface area (Å²) in [5, 5.41) is 12.1. The van der Waals surface area contributed by atoms with E-state index < -0.39 is 46.6 Å². The smallest absolute Gasteiger partial charge is 0.388 e. The zero-order valence-corrected chi connectivity index (χ0v) is 27.5. The highest BCUT2D eigenvalue weighted by molar-refractivity contribution is 5.95. The summed E-state index contributed by atoms with van der Waals surface area (Å²) in [6.07, 6.45) is -1.39. The van der Waals surface area contributed by atoms with Gasteiger partial charge in [-0.05, 0) is 111 Å². The van der Waals surface area contributed by atoms with Crippen LogP contribution in [0.5, 0.6) is 0 Å². The van der Waals surface area contributed by atoms with Crippen LogP contribution in [0.25, 0.3) is 0 Å². The molecule has 0 aromatic heterocycles. The van der Waals surface area contributed by atoms with Gasteiger partial charge in [0.2, 0.25) is 5.91 Å². The highest BCUT2D eigenvalue weighted by Gasteiger charge is 2.61. The van der Waals surface area contributed by atoms with Crippen molar-refractivity contribution in [3.05, 3.63) is 29.3 Å². The number of rotatable bonds is 8. The van der Waals surface area contributed by atoms with Crippen LogP contribution >= 0.6 is 0 Å². The van der Waals surface area contributed by atoms with E-state index in [1.807, 2.05) is 6.92 Å². The highest BCUT2D eigenvalue weighted by Crippen LogP contribution is 2.66. The third-order valence-corrected chi connectivity index (χ3v) is 12.9. The second-order valence-corrected chi connectivity index (χ2v) is 15.4. The van der Waals surface area contributed by atoms with Crippen LogP contribution < -0.4 is 4.90 Å². The number of unbranched alkanes of at least 4 members (excludes halogenated alkanes) is 1. The van der Waals surface area contributed by atoms with Gasteiger partial charge in [-0.1, -0.05) is 40.5 Å². The van der Waals surface area contributed by atoms with Crippen LogP contribution in [0.4, 0.5) is 32.0 Å². The van der Waals surface area contributed by atoms with Crippen LogP contribution in [0.1, 0.15) is 122 Å². The fourth-order valence-corrected chi connectivity index (χ4v) is 10.1. The second-order valence-electron chi connectivity index (χ2n) is 15.4. The summed E-state index contributed by atoms with van der Waals surface area (Å²) in [4.78, 5) is 27.9. The Labute approximate surface area is 268 Å². The van der Waals surface area contributed by atoms with E-state index in [0.29, 0.717) is 80.6 Å². The Balaban J connectivity index is 1.46. The first-order valence-corrected chi connectivity index (χ1v) is 17.2. The second kappa shape index (κ2) is 12.4. The van der Waals surface area contributed by atoms with Crippen LogP contribution in [-0.2, 0) is 21.9 Å². The third kappa shape index (κ3) is 6.37. The van der Waals surface area contributed by atoms with Crippen molar-refractivity contribution in [1.29, 1.82) is 0 Å². The minimum absolute atomic E-state index is 0.0762. The van der Waals surface area contributed by atoms with E-state index in [1.54, 1.807) is 6.92 Å². The Bertz CT molecular complexity index is 1280. The first-order valence-electron chi connectivity index (χ1n) is 17.2. The summed E-state index contributed by atoms with van der Waals surface area (Å²) in [6.45, 7) is 7.78. The molecule has 1 aromatic rings. The largest absolute Gasteiger partial charge is 0.416 e. The van der Waals surface area contributed by atoms with Gasteiger partial charge >= 0.3 is 12.4 Å². The number of anilines is 1. The molecule has 4 nitrogen and oxygen atoms in total. The van der Waals surface area contributed by atoms with Crippen LogP contribution in [0.2, 0.25) is 0 Å². The molecule has 4 aliphatic carbocycles. The average Bonchev–Trinajstić information content (AvgIpc) is 3.29. The molecule has 4 saturated carbocycles. The summed E-state index contributed by atoms with van der Waals surface area (Å²) < 4.78 is 83.3. The molecule has 0 heterocycles. The van der Waals surface area contributed by atoms with Gasteiger partial charge in [-0.2, -0.15) is 26.3 Å². The van der Waals surface area contributed by atoms with E-state index in [4.69, 9.17) is 0 Å². The molecule has 1 unspecified atom stereocenters.